The normalized spacial score (nSPS) is 11.5. The average molecular weight is 482 g/mol. The number of hydrogen-bond acceptors (Lipinski definition) is 4. The number of carboxylic acid groups (broad SMARTS) is 1. The second-order valence-electron chi connectivity index (χ2n) is 8.57. The van der Waals surface area contributed by atoms with Gasteiger partial charge in [-0.2, -0.15) is 0 Å². The number of aliphatic carboxylic acids is 1. The molecule has 0 aliphatic carbocycles. The summed E-state index contributed by atoms with van der Waals surface area (Å²) >= 11 is 0. The predicted molar refractivity (Wildman–Crippen MR) is 138 cm³/mol. The standard InChI is InChI=1S/C30H27NO5/c1-31(29(33)24-14-16-26(32)17-15-24)20-22-6-5-7-25(18-22)23-12-10-21(11-13-23)19-28(30(34)35)36-27-8-3-2-4-9-27/h2-18,28,32H,19-20H2,1H3,(H,34,35). The fraction of sp³-hybridized carbons (Fsp3) is 0.133. The van der Waals surface area contributed by atoms with Gasteiger partial charge in [-0.15, -0.1) is 0 Å². The Kier molecular flexibility index (Phi) is 7.66. The monoisotopic (exact) mass is 481 g/mol. The molecule has 0 radical (unpaired) electrons. The van der Waals surface area contributed by atoms with Gasteiger partial charge in [-0.25, -0.2) is 4.79 Å². The number of amides is 1. The van der Waals surface area contributed by atoms with Crippen molar-refractivity contribution in [1.29, 1.82) is 0 Å². The van der Waals surface area contributed by atoms with E-state index in [0.29, 0.717) is 17.9 Å². The van der Waals surface area contributed by atoms with Crippen molar-refractivity contribution in [3.05, 3.63) is 120 Å². The first-order valence-corrected chi connectivity index (χ1v) is 11.6. The molecule has 1 atom stereocenters. The van der Waals surface area contributed by atoms with Gasteiger partial charge in [0.05, 0.1) is 0 Å². The van der Waals surface area contributed by atoms with Gasteiger partial charge in [0.25, 0.3) is 5.91 Å². The second-order valence-corrected chi connectivity index (χ2v) is 8.57. The van der Waals surface area contributed by atoms with Gasteiger partial charge in [0.15, 0.2) is 6.10 Å². The number of rotatable bonds is 9. The lowest BCUT2D eigenvalue weighted by atomic mass is 9.99. The molecule has 0 aliphatic rings. The highest BCUT2D eigenvalue weighted by molar-refractivity contribution is 5.94. The number of benzene rings is 4. The first-order valence-electron chi connectivity index (χ1n) is 11.6. The number of carboxylic acids is 1. The van der Waals surface area contributed by atoms with E-state index >= 15 is 0 Å². The third kappa shape index (κ3) is 6.30. The molecule has 4 aromatic rings. The molecule has 2 N–H and O–H groups in total. The van der Waals surface area contributed by atoms with Crippen LogP contribution in [0, 0.1) is 0 Å². The summed E-state index contributed by atoms with van der Waals surface area (Å²) in [7, 11) is 1.74. The van der Waals surface area contributed by atoms with Crippen LogP contribution >= 0.6 is 0 Å². The van der Waals surface area contributed by atoms with Crippen molar-refractivity contribution in [3.63, 3.8) is 0 Å². The molecule has 6 heteroatoms. The number of aromatic hydroxyl groups is 1. The van der Waals surface area contributed by atoms with E-state index in [4.69, 9.17) is 4.74 Å². The molecule has 6 nitrogen and oxygen atoms in total. The number of carbonyl (C=O) groups excluding carboxylic acids is 1. The number of para-hydroxylation sites is 1. The van der Waals surface area contributed by atoms with Gasteiger partial charge in [0.1, 0.15) is 11.5 Å². The summed E-state index contributed by atoms with van der Waals surface area (Å²) in [6, 6.07) is 30.8. The van der Waals surface area contributed by atoms with Gasteiger partial charge < -0.3 is 19.8 Å². The Morgan fingerprint density at radius 1 is 0.806 bits per heavy atom. The van der Waals surface area contributed by atoms with E-state index in [1.165, 1.54) is 12.1 Å². The molecule has 4 rings (SSSR count). The van der Waals surface area contributed by atoms with Gasteiger partial charge in [0, 0.05) is 25.6 Å². The molecule has 1 amide bonds. The molecule has 0 aliphatic heterocycles. The van der Waals surface area contributed by atoms with Crippen molar-refractivity contribution in [2.75, 3.05) is 7.05 Å². The van der Waals surface area contributed by atoms with E-state index in [0.717, 1.165) is 22.3 Å². The third-order valence-electron chi connectivity index (χ3n) is 5.81. The van der Waals surface area contributed by atoms with Gasteiger partial charge >= 0.3 is 5.97 Å². The van der Waals surface area contributed by atoms with Crippen LogP contribution in [0.3, 0.4) is 0 Å². The number of phenolic OH excluding ortho intramolecular Hbond substituents is 1. The highest BCUT2D eigenvalue weighted by Crippen LogP contribution is 2.23. The molecule has 36 heavy (non-hydrogen) atoms. The maximum absolute atomic E-state index is 12.7. The van der Waals surface area contributed by atoms with Crippen LogP contribution in [0.5, 0.6) is 11.5 Å². The van der Waals surface area contributed by atoms with E-state index in [2.05, 4.69) is 0 Å². The second kappa shape index (κ2) is 11.2. The smallest absolute Gasteiger partial charge is 0.345 e. The Bertz CT molecular complexity index is 1320. The predicted octanol–water partition coefficient (Wildman–Crippen LogP) is 5.41. The number of nitrogens with zero attached hydrogens (tertiary/aromatic N) is 1. The highest BCUT2D eigenvalue weighted by atomic mass is 16.5. The van der Waals surface area contributed by atoms with Gasteiger partial charge in [-0.1, -0.05) is 60.7 Å². The summed E-state index contributed by atoms with van der Waals surface area (Å²) in [5.41, 5.74) is 4.34. The lowest BCUT2D eigenvalue weighted by Crippen LogP contribution is -2.29. The van der Waals surface area contributed by atoms with Crippen LogP contribution in [0.4, 0.5) is 0 Å². The third-order valence-corrected chi connectivity index (χ3v) is 5.81. The van der Waals surface area contributed by atoms with Crippen molar-refractivity contribution in [2.24, 2.45) is 0 Å². The Hall–Kier alpha value is -4.58. The minimum absolute atomic E-state index is 0.120. The van der Waals surface area contributed by atoms with E-state index in [-0.39, 0.29) is 18.1 Å². The summed E-state index contributed by atoms with van der Waals surface area (Å²) in [6.45, 7) is 0.433. The first kappa shape index (κ1) is 24.5. The fourth-order valence-electron chi connectivity index (χ4n) is 3.91. The van der Waals surface area contributed by atoms with Crippen LogP contribution in [0.15, 0.2) is 103 Å². The maximum Gasteiger partial charge on any atom is 0.345 e. The largest absolute Gasteiger partial charge is 0.508 e. The molecule has 0 fully saturated rings. The van der Waals surface area contributed by atoms with E-state index in [9.17, 15) is 19.8 Å². The summed E-state index contributed by atoms with van der Waals surface area (Å²) in [4.78, 5) is 26.0. The molecule has 0 saturated carbocycles. The minimum atomic E-state index is -1.01. The van der Waals surface area contributed by atoms with Crippen molar-refractivity contribution in [3.8, 4) is 22.6 Å². The maximum atomic E-state index is 12.7. The van der Waals surface area contributed by atoms with Crippen LogP contribution in [-0.4, -0.2) is 40.1 Å². The molecule has 0 heterocycles. The highest BCUT2D eigenvalue weighted by Gasteiger charge is 2.20. The van der Waals surface area contributed by atoms with Crippen LogP contribution in [-0.2, 0) is 17.8 Å². The Morgan fingerprint density at radius 3 is 2.17 bits per heavy atom. The Labute approximate surface area is 210 Å². The molecule has 0 aromatic heterocycles. The van der Waals surface area contributed by atoms with Crippen LogP contribution in [0.2, 0.25) is 0 Å². The van der Waals surface area contributed by atoms with E-state index in [1.807, 2.05) is 54.6 Å². The number of phenols is 1. The van der Waals surface area contributed by atoms with Crippen molar-refractivity contribution < 1.29 is 24.5 Å². The van der Waals surface area contributed by atoms with Crippen LogP contribution in [0.1, 0.15) is 21.5 Å². The SMILES string of the molecule is CN(Cc1cccc(-c2ccc(CC(Oc3ccccc3)C(=O)O)cc2)c1)C(=O)c1ccc(O)cc1. The van der Waals surface area contributed by atoms with Crippen LogP contribution < -0.4 is 4.74 Å². The number of ether oxygens (including phenoxy) is 1. The zero-order valence-electron chi connectivity index (χ0n) is 19.9. The van der Waals surface area contributed by atoms with Crippen molar-refractivity contribution in [2.45, 2.75) is 19.1 Å². The van der Waals surface area contributed by atoms with Gasteiger partial charge in [-0.05, 0) is 64.7 Å². The zero-order chi connectivity index (χ0) is 25.5. The van der Waals surface area contributed by atoms with E-state index < -0.39 is 12.1 Å². The molecule has 0 bridgehead atoms. The Balaban J connectivity index is 1.42. The quantitative estimate of drug-likeness (QED) is 0.334. The van der Waals surface area contributed by atoms with E-state index in [1.54, 1.807) is 48.3 Å². The molecule has 182 valence electrons. The van der Waals surface area contributed by atoms with Crippen LogP contribution in [0.25, 0.3) is 11.1 Å². The average Bonchev–Trinajstić information content (AvgIpc) is 2.89. The topological polar surface area (TPSA) is 87.1 Å². The van der Waals surface area contributed by atoms with Crippen molar-refractivity contribution >= 4 is 11.9 Å². The first-order chi connectivity index (χ1) is 17.4. The summed E-state index contributed by atoms with van der Waals surface area (Å²) < 4.78 is 5.66. The van der Waals surface area contributed by atoms with Gasteiger partial charge in [0.2, 0.25) is 0 Å². The molecule has 4 aromatic carbocycles. The zero-order valence-corrected chi connectivity index (χ0v) is 19.9. The molecular weight excluding hydrogens is 454 g/mol. The molecule has 0 spiro atoms. The number of hydrogen-bond donors (Lipinski definition) is 2. The Morgan fingerprint density at radius 2 is 1.50 bits per heavy atom. The molecule has 1 unspecified atom stereocenters. The summed E-state index contributed by atoms with van der Waals surface area (Å²) in [6.07, 6.45) is -0.738. The lowest BCUT2D eigenvalue weighted by Gasteiger charge is -2.18. The fourth-order valence-corrected chi connectivity index (χ4v) is 3.91. The number of carbonyl (C=O) groups is 2. The minimum Gasteiger partial charge on any atom is -0.508 e. The molecule has 0 saturated heterocycles. The van der Waals surface area contributed by atoms with Crippen molar-refractivity contribution in [1.82, 2.24) is 4.90 Å². The summed E-state index contributed by atoms with van der Waals surface area (Å²) in [5.74, 6) is -0.501. The summed E-state index contributed by atoms with van der Waals surface area (Å²) in [5, 5.41) is 19.0. The molecular formula is C30H27NO5. The van der Waals surface area contributed by atoms with Gasteiger partial charge in [-0.3, -0.25) is 4.79 Å². The lowest BCUT2D eigenvalue weighted by molar-refractivity contribution is -0.145.